The fourth-order valence-electron chi connectivity index (χ4n) is 6.41. The Kier molecular flexibility index (Phi) is 8.75. The molecule has 216 valence electrons. The van der Waals surface area contributed by atoms with E-state index in [4.69, 9.17) is 0 Å². The topological polar surface area (TPSA) is 139 Å². The van der Waals surface area contributed by atoms with Crippen molar-refractivity contribution in [3.8, 4) is 5.75 Å². The number of phenols is 1. The van der Waals surface area contributed by atoms with Gasteiger partial charge in [0.2, 0.25) is 11.8 Å². The van der Waals surface area contributed by atoms with E-state index < -0.39 is 49.4 Å². The third kappa shape index (κ3) is 5.82. The number of aliphatic hydroxyl groups excluding tert-OH is 2. The number of allylic oxidation sites excluding steroid dienone is 2. The number of phenolic OH excluding ortho intramolecular Hbond substituents is 1. The van der Waals surface area contributed by atoms with Gasteiger partial charge in [0, 0.05) is 5.92 Å². The van der Waals surface area contributed by atoms with Crippen LogP contribution in [0.5, 0.6) is 5.75 Å². The number of aliphatic hydroxyl groups is 2. The summed E-state index contributed by atoms with van der Waals surface area (Å²) in [5.74, 6) is -2.97. The van der Waals surface area contributed by atoms with Crippen LogP contribution in [0.3, 0.4) is 0 Å². The molecule has 1 saturated heterocycles. The van der Waals surface area contributed by atoms with E-state index >= 15 is 0 Å². The molecule has 4 atom stereocenters. The van der Waals surface area contributed by atoms with Crippen molar-refractivity contribution in [2.24, 2.45) is 17.8 Å². The molecule has 9 heteroatoms. The molecule has 5 N–H and O–H groups in total. The highest BCUT2D eigenvalue weighted by Crippen LogP contribution is 2.47. The van der Waals surface area contributed by atoms with Crippen LogP contribution in [0, 0.1) is 17.8 Å². The number of aromatic hydroxyl groups is 1. The van der Waals surface area contributed by atoms with Crippen molar-refractivity contribution in [1.29, 1.82) is 0 Å². The first-order valence-electron chi connectivity index (χ1n) is 14.1. The molecule has 42 heavy (non-hydrogen) atoms. The second-order valence-electron chi connectivity index (χ2n) is 11.0. The highest BCUT2D eigenvalue weighted by molar-refractivity contribution is 6.58. The normalized spacial score (nSPS) is 21.5. The van der Waals surface area contributed by atoms with E-state index in [1.807, 2.05) is 49.4 Å². The predicted octanol–water partition coefficient (Wildman–Crippen LogP) is 2.89. The van der Waals surface area contributed by atoms with Gasteiger partial charge in [-0.3, -0.25) is 14.5 Å². The van der Waals surface area contributed by atoms with Crippen LogP contribution in [-0.2, 0) is 9.59 Å². The summed E-state index contributed by atoms with van der Waals surface area (Å²) in [5.41, 5.74) is 4.52. The Bertz CT molecular complexity index is 1530. The van der Waals surface area contributed by atoms with E-state index in [1.54, 1.807) is 30.3 Å². The highest BCUT2D eigenvalue weighted by atomic mass is 16.4. The van der Waals surface area contributed by atoms with E-state index in [0.29, 0.717) is 18.4 Å². The lowest BCUT2D eigenvalue weighted by atomic mass is 9.68. The molecule has 2 aliphatic rings. The van der Waals surface area contributed by atoms with Gasteiger partial charge < -0.3 is 25.4 Å². The van der Waals surface area contributed by atoms with Gasteiger partial charge in [0.05, 0.1) is 30.2 Å². The first-order valence-corrected chi connectivity index (χ1v) is 14.1. The predicted molar refractivity (Wildman–Crippen MR) is 161 cm³/mol. The average Bonchev–Trinajstić information content (AvgIpc) is 3.23. The van der Waals surface area contributed by atoms with Crippen LogP contribution in [-0.4, -0.2) is 57.0 Å². The number of carbonyl (C=O) groups excluding carboxylic acids is 2. The molecule has 2 amide bonds. The zero-order valence-electron chi connectivity index (χ0n) is 23.3. The number of nitrogens with zero attached hydrogens (tertiary/aromatic N) is 1. The van der Waals surface area contributed by atoms with Crippen LogP contribution in [0.15, 0.2) is 90.0 Å². The van der Waals surface area contributed by atoms with Crippen LogP contribution < -0.4 is 10.4 Å². The van der Waals surface area contributed by atoms with Crippen molar-refractivity contribution < 1.29 is 35.0 Å². The molecule has 1 aliphatic carbocycles. The largest absolute Gasteiger partial charge is 0.508 e. The van der Waals surface area contributed by atoms with Crippen LogP contribution in [0.4, 0.5) is 5.69 Å². The van der Waals surface area contributed by atoms with Gasteiger partial charge in [-0.15, -0.1) is 0 Å². The smallest absolute Gasteiger partial charge is 0.488 e. The molecular formula is C33H34BNO7. The number of benzene rings is 3. The highest BCUT2D eigenvalue weighted by Gasteiger charge is 2.54. The Morgan fingerprint density at radius 2 is 1.74 bits per heavy atom. The first kappa shape index (κ1) is 29.5. The van der Waals surface area contributed by atoms with Gasteiger partial charge in [0.1, 0.15) is 5.75 Å². The van der Waals surface area contributed by atoms with Crippen molar-refractivity contribution in [1.82, 2.24) is 0 Å². The molecule has 0 saturated carbocycles. The monoisotopic (exact) mass is 567 g/mol. The molecule has 3 aromatic carbocycles. The summed E-state index contributed by atoms with van der Waals surface area (Å²) in [7, 11) is -1.75. The van der Waals surface area contributed by atoms with E-state index in [9.17, 15) is 35.0 Å². The SMILES string of the molecule is CC1=C([C@H](O)CC/C(=C/c2cccc(O)c2)c2ccccc2)[C@H](CO)[C@@H]2C(=O)N(c3cccc(B(O)O)c3)C(=O)[C@@H]2C1. The zero-order chi connectivity index (χ0) is 30.0. The van der Waals surface area contributed by atoms with Gasteiger partial charge in [-0.05, 0) is 78.2 Å². The number of hydrogen-bond donors (Lipinski definition) is 5. The van der Waals surface area contributed by atoms with Crippen molar-refractivity contribution in [2.75, 3.05) is 11.5 Å². The van der Waals surface area contributed by atoms with Crippen molar-refractivity contribution in [2.45, 2.75) is 32.3 Å². The first-order chi connectivity index (χ1) is 20.2. The number of imide groups is 1. The summed E-state index contributed by atoms with van der Waals surface area (Å²) >= 11 is 0. The Morgan fingerprint density at radius 3 is 2.43 bits per heavy atom. The van der Waals surface area contributed by atoms with E-state index in [-0.39, 0.29) is 23.3 Å². The molecular weight excluding hydrogens is 533 g/mol. The number of carbonyl (C=O) groups is 2. The summed E-state index contributed by atoms with van der Waals surface area (Å²) in [6.45, 7) is 1.43. The van der Waals surface area contributed by atoms with Crippen molar-refractivity contribution in [3.63, 3.8) is 0 Å². The zero-order valence-corrected chi connectivity index (χ0v) is 23.3. The fraction of sp³-hybridized carbons (Fsp3) is 0.273. The average molecular weight is 567 g/mol. The molecule has 3 aromatic rings. The van der Waals surface area contributed by atoms with Gasteiger partial charge in [-0.2, -0.15) is 0 Å². The molecule has 1 fully saturated rings. The quantitative estimate of drug-likeness (QED) is 0.116. The minimum atomic E-state index is -1.75. The van der Waals surface area contributed by atoms with Crippen LogP contribution in [0.1, 0.15) is 37.3 Å². The minimum absolute atomic E-state index is 0.153. The number of hydrogen-bond acceptors (Lipinski definition) is 7. The summed E-state index contributed by atoms with van der Waals surface area (Å²) in [4.78, 5) is 28.2. The van der Waals surface area contributed by atoms with Crippen LogP contribution in [0.2, 0.25) is 0 Å². The van der Waals surface area contributed by atoms with Gasteiger partial charge >= 0.3 is 7.12 Å². The summed E-state index contributed by atoms with van der Waals surface area (Å²) in [6.07, 6.45) is 2.10. The maximum absolute atomic E-state index is 13.7. The minimum Gasteiger partial charge on any atom is -0.508 e. The number of rotatable bonds is 9. The third-order valence-corrected chi connectivity index (χ3v) is 8.35. The summed E-state index contributed by atoms with van der Waals surface area (Å²) in [5, 5.41) is 51.1. The van der Waals surface area contributed by atoms with Gasteiger partial charge in [0.25, 0.3) is 0 Å². The van der Waals surface area contributed by atoms with Gasteiger partial charge in [-0.25, -0.2) is 0 Å². The lowest BCUT2D eigenvalue weighted by Gasteiger charge is -2.35. The molecule has 0 aromatic heterocycles. The molecule has 0 radical (unpaired) electrons. The molecule has 0 bridgehead atoms. The summed E-state index contributed by atoms with van der Waals surface area (Å²) in [6, 6.07) is 22.7. The standard InChI is InChI=1S/C33H34BNO7/c1-20-15-27-31(33(40)35(32(27)39)25-11-6-10-24(18-25)34(41)42)28(19-36)30(20)29(38)14-13-23(22-8-3-2-4-9-22)16-21-7-5-12-26(37)17-21/h2-12,16-18,27-29,31,36-38,41-42H,13-15,19H2,1H3/b23-16-/t27-,28+,29-,31-/m1/s1. The maximum Gasteiger partial charge on any atom is 0.488 e. The lowest BCUT2D eigenvalue weighted by Crippen LogP contribution is -2.39. The Morgan fingerprint density at radius 1 is 1.00 bits per heavy atom. The Hall–Kier alpha value is -4.02. The second-order valence-corrected chi connectivity index (χ2v) is 11.0. The molecule has 0 unspecified atom stereocenters. The van der Waals surface area contributed by atoms with E-state index in [2.05, 4.69) is 0 Å². The van der Waals surface area contributed by atoms with Crippen LogP contribution >= 0.6 is 0 Å². The van der Waals surface area contributed by atoms with E-state index in [1.165, 1.54) is 12.1 Å². The summed E-state index contributed by atoms with van der Waals surface area (Å²) < 4.78 is 0. The van der Waals surface area contributed by atoms with Crippen molar-refractivity contribution >= 4 is 41.7 Å². The fourth-order valence-corrected chi connectivity index (χ4v) is 6.41. The van der Waals surface area contributed by atoms with Gasteiger partial charge in [0.15, 0.2) is 0 Å². The number of amides is 2. The third-order valence-electron chi connectivity index (χ3n) is 8.35. The maximum atomic E-state index is 13.7. The van der Waals surface area contributed by atoms with Crippen LogP contribution in [0.25, 0.3) is 11.6 Å². The number of anilines is 1. The molecule has 0 spiro atoms. The lowest BCUT2D eigenvalue weighted by molar-refractivity contribution is -0.123. The van der Waals surface area contributed by atoms with E-state index in [0.717, 1.165) is 27.2 Å². The van der Waals surface area contributed by atoms with Gasteiger partial charge in [-0.1, -0.05) is 66.2 Å². The molecule has 5 rings (SSSR count). The molecule has 1 aliphatic heterocycles. The Labute approximate surface area is 245 Å². The Balaban J connectivity index is 1.40. The second kappa shape index (κ2) is 12.5. The number of fused-ring (bicyclic) bond motifs is 1. The molecule has 1 heterocycles. The molecule has 8 nitrogen and oxygen atoms in total. The van der Waals surface area contributed by atoms with Crippen molar-refractivity contribution in [3.05, 3.63) is 101 Å².